The quantitative estimate of drug-likeness (QED) is 0.858. The van der Waals surface area contributed by atoms with Gasteiger partial charge >= 0.3 is 0 Å². The van der Waals surface area contributed by atoms with Crippen LogP contribution in [0.3, 0.4) is 0 Å². The van der Waals surface area contributed by atoms with Crippen LogP contribution in [0.25, 0.3) is 0 Å². The molecule has 0 saturated heterocycles. The Morgan fingerprint density at radius 3 is 2.89 bits per heavy atom. The topological polar surface area (TPSA) is 57.8 Å². The van der Waals surface area contributed by atoms with Crippen LogP contribution >= 0.6 is 0 Å². The molecule has 4 heteroatoms. The molecule has 4 nitrogen and oxygen atoms in total. The number of carbonyl (C=O) groups excluding carboxylic acids is 1. The van der Waals surface area contributed by atoms with E-state index < -0.39 is 0 Å². The molecule has 0 spiro atoms. The van der Waals surface area contributed by atoms with Gasteiger partial charge in [-0.2, -0.15) is 0 Å². The number of amides is 1. The third-order valence-corrected chi connectivity index (χ3v) is 3.56. The van der Waals surface area contributed by atoms with E-state index in [4.69, 9.17) is 0 Å². The van der Waals surface area contributed by atoms with Crippen molar-refractivity contribution in [2.24, 2.45) is 0 Å². The van der Waals surface area contributed by atoms with Crippen molar-refractivity contribution in [3.63, 3.8) is 0 Å². The molecule has 2 aromatic heterocycles. The molecule has 0 aliphatic heterocycles. The van der Waals surface area contributed by atoms with Gasteiger partial charge in [0.05, 0.1) is 0 Å². The first-order chi connectivity index (χ1) is 8.80. The van der Waals surface area contributed by atoms with E-state index in [-0.39, 0.29) is 11.3 Å². The predicted octanol–water partition coefficient (Wildman–Crippen LogP) is 1.87. The SMILES string of the molecule is O=C(NCC1(c2cccnc2)CC1)c1ccc[nH]1. The van der Waals surface area contributed by atoms with Crippen LogP contribution in [0.5, 0.6) is 0 Å². The highest BCUT2D eigenvalue weighted by atomic mass is 16.1. The van der Waals surface area contributed by atoms with Gasteiger partial charge in [-0.25, -0.2) is 0 Å². The Morgan fingerprint density at radius 1 is 1.39 bits per heavy atom. The maximum atomic E-state index is 11.9. The van der Waals surface area contributed by atoms with Crippen LogP contribution in [0.1, 0.15) is 28.9 Å². The minimum Gasteiger partial charge on any atom is -0.357 e. The lowest BCUT2D eigenvalue weighted by atomic mass is 9.98. The van der Waals surface area contributed by atoms with Gasteiger partial charge < -0.3 is 10.3 Å². The average Bonchev–Trinajstić information content (AvgIpc) is 3.01. The Kier molecular flexibility index (Phi) is 2.63. The Bertz CT molecular complexity index is 529. The summed E-state index contributed by atoms with van der Waals surface area (Å²) in [4.78, 5) is 18.9. The lowest BCUT2D eigenvalue weighted by molar-refractivity contribution is 0.0945. The highest BCUT2D eigenvalue weighted by Crippen LogP contribution is 2.47. The largest absolute Gasteiger partial charge is 0.357 e. The number of pyridine rings is 1. The minimum atomic E-state index is -0.0461. The van der Waals surface area contributed by atoms with E-state index >= 15 is 0 Å². The Labute approximate surface area is 105 Å². The fraction of sp³-hybridized carbons (Fsp3) is 0.286. The van der Waals surface area contributed by atoms with Crippen molar-refractivity contribution < 1.29 is 4.79 Å². The van der Waals surface area contributed by atoms with Crippen molar-refractivity contribution in [3.8, 4) is 0 Å². The van der Waals surface area contributed by atoms with Crippen LogP contribution in [-0.2, 0) is 5.41 Å². The second-order valence-electron chi connectivity index (χ2n) is 4.79. The van der Waals surface area contributed by atoms with Crippen molar-refractivity contribution in [2.45, 2.75) is 18.3 Å². The standard InChI is InChI=1S/C14H15N3O/c18-13(12-4-2-8-16-12)17-10-14(5-6-14)11-3-1-7-15-9-11/h1-4,7-9,16H,5-6,10H2,(H,17,18). The summed E-state index contributed by atoms with van der Waals surface area (Å²) >= 11 is 0. The summed E-state index contributed by atoms with van der Waals surface area (Å²) in [6.07, 6.45) is 7.65. The van der Waals surface area contributed by atoms with Crippen LogP contribution < -0.4 is 5.32 Å². The molecule has 1 aliphatic carbocycles. The lowest BCUT2D eigenvalue weighted by Crippen LogP contribution is -2.32. The molecule has 1 amide bonds. The fourth-order valence-electron chi connectivity index (χ4n) is 2.21. The van der Waals surface area contributed by atoms with Crippen LogP contribution in [0.2, 0.25) is 0 Å². The highest BCUT2D eigenvalue weighted by molar-refractivity contribution is 5.92. The van der Waals surface area contributed by atoms with Crippen molar-refractivity contribution in [3.05, 3.63) is 54.1 Å². The molecule has 0 radical (unpaired) electrons. The Hall–Kier alpha value is -2.10. The zero-order chi connectivity index (χ0) is 12.4. The molecule has 2 aromatic rings. The number of aromatic amines is 1. The first kappa shape index (κ1) is 11.0. The number of nitrogens with one attached hydrogen (secondary N) is 2. The van der Waals surface area contributed by atoms with Crippen molar-refractivity contribution in [1.82, 2.24) is 15.3 Å². The van der Waals surface area contributed by atoms with E-state index in [0.717, 1.165) is 12.8 Å². The minimum absolute atomic E-state index is 0.0461. The molecule has 0 atom stereocenters. The molecule has 92 valence electrons. The Morgan fingerprint density at radius 2 is 2.28 bits per heavy atom. The van der Waals surface area contributed by atoms with Crippen molar-refractivity contribution in [2.75, 3.05) is 6.54 Å². The number of hydrogen-bond donors (Lipinski definition) is 2. The molecule has 3 rings (SSSR count). The van der Waals surface area contributed by atoms with E-state index in [0.29, 0.717) is 12.2 Å². The van der Waals surface area contributed by atoms with Crippen LogP contribution in [0.4, 0.5) is 0 Å². The summed E-state index contributed by atoms with van der Waals surface area (Å²) in [6.45, 7) is 0.677. The van der Waals surface area contributed by atoms with Gasteiger partial charge in [0, 0.05) is 30.6 Å². The lowest BCUT2D eigenvalue weighted by Gasteiger charge is -2.15. The molecule has 2 heterocycles. The van der Waals surface area contributed by atoms with Gasteiger partial charge in [-0.05, 0) is 36.6 Å². The van der Waals surface area contributed by atoms with E-state index in [1.54, 1.807) is 18.5 Å². The van der Waals surface area contributed by atoms with Gasteiger partial charge in [0.2, 0.25) is 0 Å². The highest BCUT2D eigenvalue weighted by Gasteiger charge is 2.44. The molecule has 0 unspecified atom stereocenters. The first-order valence-corrected chi connectivity index (χ1v) is 6.12. The van der Waals surface area contributed by atoms with Gasteiger partial charge in [0.15, 0.2) is 0 Å². The molecule has 0 bridgehead atoms. The molecule has 18 heavy (non-hydrogen) atoms. The van der Waals surface area contributed by atoms with E-state index in [1.165, 1.54) is 5.56 Å². The number of hydrogen-bond acceptors (Lipinski definition) is 2. The van der Waals surface area contributed by atoms with Crippen LogP contribution in [0, 0.1) is 0 Å². The molecular weight excluding hydrogens is 226 g/mol. The third kappa shape index (κ3) is 2.01. The van der Waals surface area contributed by atoms with Gasteiger partial charge in [0.25, 0.3) is 5.91 Å². The molecule has 1 fully saturated rings. The zero-order valence-electron chi connectivity index (χ0n) is 10.0. The number of aromatic nitrogens is 2. The average molecular weight is 241 g/mol. The molecule has 0 aromatic carbocycles. The maximum Gasteiger partial charge on any atom is 0.267 e. The van der Waals surface area contributed by atoms with Crippen LogP contribution in [0.15, 0.2) is 42.9 Å². The van der Waals surface area contributed by atoms with Crippen molar-refractivity contribution in [1.29, 1.82) is 0 Å². The van der Waals surface area contributed by atoms with Gasteiger partial charge in [0.1, 0.15) is 5.69 Å². The monoisotopic (exact) mass is 241 g/mol. The molecule has 1 aliphatic rings. The van der Waals surface area contributed by atoms with E-state index in [1.807, 2.05) is 18.3 Å². The van der Waals surface area contributed by atoms with Gasteiger partial charge in [-0.3, -0.25) is 9.78 Å². The zero-order valence-corrected chi connectivity index (χ0v) is 10.0. The first-order valence-electron chi connectivity index (χ1n) is 6.12. The summed E-state index contributed by atoms with van der Waals surface area (Å²) in [5.41, 5.74) is 1.94. The number of rotatable bonds is 4. The normalized spacial score (nSPS) is 16.2. The van der Waals surface area contributed by atoms with E-state index in [9.17, 15) is 4.79 Å². The Balaban J connectivity index is 1.66. The third-order valence-electron chi connectivity index (χ3n) is 3.56. The van der Waals surface area contributed by atoms with E-state index in [2.05, 4.69) is 21.4 Å². The van der Waals surface area contributed by atoms with Gasteiger partial charge in [-0.1, -0.05) is 6.07 Å². The molecule has 2 N–H and O–H groups in total. The van der Waals surface area contributed by atoms with Gasteiger partial charge in [-0.15, -0.1) is 0 Å². The fourth-order valence-corrected chi connectivity index (χ4v) is 2.21. The predicted molar refractivity (Wildman–Crippen MR) is 68.3 cm³/mol. The molecule has 1 saturated carbocycles. The second kappa shape index (κ2) is 4.29. The van der Waals surface area contributed by atoms with Crippen LogP contribution in [-0.4, -0.2) is 22.4 Å². The summed E-state index contributed by atoms with van der Waals surface area (Å²) in [5.74, 6) is -0.0461. The molecular formula is C14H15N3O. The summed E-state index contributed by atoms with van der Waals surface area (Å²) in [7, 11) is 0. The number of carbonyl (C=O) groups is 1. The number of nitrogens with zero attached hydrogens (tertiary/aromatic N) is 1. The smallest absolute Gasteiger partial charge is 0.267 e. The summed E-state index contributed by atoms with van der Waals surface area (Å²) < 4.78 is 0. The summed E-state index contributed by atoms with van der Waals surface area (Å²) in [6, 6.07) is 7.63. The summed E-state index contributed by atoms with van der Waals surface area (Å²) in [5, 5.41) is 2.99. The second-order valence-corrected chi connectivity index (χ2v) is 4.79. The number of H-pyrrole nitrogens is 1. The maximum absolute atomic E-state index is 11.9. The van der Waals surface area contributed by atoms with Crippen molar-refractivity contribution >= 4 is 5.91 Å².